The van der Waals surface area contributed by atoms with Gasteiger partial charge in [0.1, 0.15) is 11.3 Å². The summed E-state index contributed by atoms with van der Waals surface area (Å²) in [5.41, 5.74) is 6.69. The van der Waals surface area contributed by atoms with Crippen molar-refractivity contribution < 1.29 is 19.1 Å². The van der Waals surface area contributed by atoms with Crippen molar-refractivity contribution in [1.82, 2.24) is 0 Å². The Hall–Kier alpha value is -2.08. The summed E-state index contributed by atoms with van der Waals surface area (Å²) in [4.78, 5) is 26.5. The van der Waals surface area contributed by atoms with E-state index in [4.69, 9.17) is 15.2 Å². The summed E-state index contributed by atoms with van der Waals surface area (Å²) in [6.45, 7) is 7.61. The molecule has 0 saturated heterocycles. The molecule has 0 bridgehead atoms. The highest BCUT2D eigenvalue weighted by Crippen LogP contribution is 2.49. The number of ether oxygens (including phenoxy) is 2. The Morgan fingerprint density at radius 3 is 2.72 bits per heavy atom. The van der Waals surface area contributed by atoms with Crippen molar-refractivity contribution in [3.8, 4) is 0 Å². The van der Waals surface area contributed by atoms with Crippen LogP contribution in [0.4, 0.5) is 0 Å². The van der Waals surface area contributed by atoms with Gasteiger partial charge in [-0.25, -0.2) is 4.79 Å². The molecule has 2 aliphatic rings. The summed E-state index contributed by atoms with van der Waals surface area (Å²) in [5, 5.41) is 1.92. The maximum absolute atomic E-state index is 12.9. The SMILES string of the molecule is CC(C)OC(=O)C1=C(N)OC2=C(C(=O)CC(C)(C)C2)C1c1cccs1. The number of ketones is 1. The van der Waals surface area contributed by atoms with E-state index in [0.29, 0.717) is 24.2 Å². The van der Waals surface area contributed by atoms with Crippen LogP contribution < -0.4 is 5.73 Å². The monoisotopic (exact) mass is 361 g/mol. The number of hydrogen-bond donors (Lipinski definition) is 1. The van der Waals surface area contributed by atoms with Crippen LogP contribution in [0.1, 0.15) is 51.3 Å². The third kappa shape index (κ3) is 3.35. The average molecular weight is 361 g/mol. The highest BCUT2D eigenvalue weighted by atomic mass is 32.1. The van der Waals surface area contributed by atoms with Crippen LogP contribution >= 0.6 is 11.3 Å². The molecule has 2 heterocycles. The molecule has 0 radical (unpaired) electrons. The summed E-state index contributed by atoms with van der Waals surface area (Å²) in [6, 6.07) is 3.81. The molecule has 0 aromatic carbocycles. The Morgan fingerprint density at radius 1 is 1.40 bits per heavy atom. The summed E-state index contributed by atoms with van der Waals surface area (Å²) < 4.78 is 11.1. The highest BCUT2D eigenvalue weighted by Gasteiger charge is 2.45. The van der Waals surface area contributed by atoms with Crippen LogP contribution in [-0.2, 0) is 19.1 Å². The lowest BCUT2D eigenvalue weighted by atomic mass is 9.71. The molecule has 0 spiro atoms. The molecule has 1 aliphatic carbocycles. The lowest BCUT2D eigenvalue weighted by molar-refractivity contribution is -0.143. The minimum atomic E-state index is -0.532. The number of allylic oxidation sites excluding steroid dienone is 2. The Morgan fingerprint density at radius 2 is 2.12 bits per heavy atom. The van der Waals surface area contributed by atoms with Crippen molar-refractivity contribution in [1.29, 1.82) is 0 Å². The second kappa shape index (κ2) is 6.33. The van der Waals surface area contributed by atoms with Gasteiger partial charge in [-0.1, -0.05) is 19.9 Å². The minimum absolute atomic E-state index is 0.00648. The molecule has 3 rings (SSSR count). The normalized spacial score (nSPS) is 22.8. The molecule has 1 aromatic heterocycles. The first-order valence-electron chi connectivity index (χ1n) is 8.38. The van der Waals surface area contributed by atoms with Crippen molar-refractivity contribution in [2.45, 2.75) is 52.6 Å². The van der Waals surface area contributed by atoms with Gasteiger partial charge in [0.15, 0.2) is 5.78 Å². The first-order valence-corrected chi connectivity index (χ1v) is 9.25. The van der Waals surface area contributed by atoms with E-state index >= 15 is 0 Å². The minimum Gasteiger partial charge on any atom is -0.459 e. The number of carbonyl (C=O) groups is 2. The Bertz CT molecular complexity index is 771. The third-order valence-corrected chi connectivity index (χ3v) is 5.28. The predicted molar refractivity (Wildman–Crippen MR) is 95.6 cm³/mol. The Balaban J connectivity index is 2.12. The molecule has 0 amide bonds. The van der Waals surface area contributed by atoms with Gasteiger partial charge in [-0.2, -0.15) is 0 Å². The van der Waals surface area contributed by atoms with Crippen LogP contribution in [0.3, 0.4) is 0 Å². The van der Waals surface area contributed by atoms with E-state index in [-0.39, 0.29) is 28.8 Å². The van der Waals surface area contributed by atoms with Crippen molar-refractivity contribution in [2.75, 3.05) is 0 Å². The molecule has 1 aliphatic heterocycles. The number of thiophene rings is 1. The molecule has 6 heteroatoms. The molecule has 25 heavy (non-hydrogen) atoms. The zero-order valence-corrected chi connectivity index (χ0v) is 15.7. The number of esters is 1. The number of hydrogen-bond acceptors (Lipinski definition) is 6. The van der Waals surface area contributed by atoms with Gasteiger partial charge in [-0.15, -0.1) is 11.3 Å². The largest absolute Gasteiger partial charge is 0.459 e. The number of carbonyl (C=O) groups excluding carboxylic acids is 2. The number of rotatable bonds is 3. The van der Waals surface area contributed by atoms with Crippen LogP contribution in [0.25, 0.3) is 0 Å². The van der Waals surface area contributed by atoms with E-state index in [2.05, 4.69) is 0 Å². The van der Waals surface area contributed by atoms with Gasteiger partial charge in [-0.05, 0) is 30.7 Å². The van der Waals surface area contributed by atoms with Crippen LogP contribution in [-0.4, -0.2) is 17.9 Å². The van der Waals surface area contributed by atoms with Crippen LogP contribution in [0.2, 0.25) is 0 Å². The second-order valence-electron chi connectivity index (χ2n) is 7.56. The van der Waals surface area contributed by atoms with E-state index in [1.165, 1.54) is 11.3 Å². The van der Waals surface area contributed by atoms with Crippen LogP contribution in [0, 0.1) is 5.41 Å². The summed E-state index contributed by atoms with van der Waals surface area (Å²) in [5.74, 6) is -0.424. The van der Waals surface area contributed by atoms with Gasteiger partial charge < -0.3 is 15.2 Å². The molecule has 5 nitrogen and oxygen atoms in total. The molecule has 0 saturated carbocycles. The fourth-order valence-electron chi connectivity index (χ4n) is 3.40. The third-order valence-electron chi connectivity index (χ3n) is 4.35. The van der Waals surface area contributed by atoms with E-state index in [9.17, 15) is 9.59 Å². The van der Waals surface area contributed by atoms with Crippen molar-refractivity contribution in [2.24, 2.45) is 11.1 Å². The molecule has 0 fully saturated rings. The first kappa shape index (κ1) is 17.7. The van der Waals surface area contributed by atoms with E-state index in [1.807, 2.05) is 31.4 Å². The van der Waals surface area contributed by atoms with E-state index < -0.39 is 11.9 Å². The fourth-order valence-corrected chi connectivity index (χ4v) is 4.24. The zero-order chi connectivity index (χ0) is 18.4. The Labute approximate surface area is 151 Å². The molecule has 1 unspecified atom stereocenters. The van der Waals surface area contributed by atoms with Gasteiger partial charge in [0.2, 0.25) is 5.88 Å². The molecule has 1 atom stereocenters. The molecule has 2 N–H and O–H groups in total. The van der Waals surface area contributed by atoms with Gasteiger partial charge in [0.05, 0.1) is 12.0 Å². The predicted octanol–water partition coefficient (Wildman–Crippen LogP) is 3.63. The van der Waals surface area contributed by atoms with E-state index in [1.54, 1.807) is 13.8 Å². The zero-order valence-electron chi connectivity index (χ0n) is 14.9. The molecule has 1 aromatic rings. The van der Waals surface area contributed by atoms with Gasteiger partial charge in [0.25, 0.3) is 0 Å². The number of Topliss-reactive ketones (excluding diaryl/α,β-unsaturated/α-hetero) is 1. The summed E-state index contributed by atoms with van der Waals surface area (Å²) >= 11 is 1.49. The lowest BCUT2D eigenvalue weighted by Crippen LogP contribution is -2.35. The van der Waals surface area contributed by atoms with Crippen molar-refractivity contribution in [3.05, 3.63) is 45.2 Å². The average Bonchev–Trinajstić information content (AvgIpc) is 2.96. The maximum Gasteiger partial charge on any atom is 0.340 e. The van der Waals surface area contributed by atoms with Gasteiger partial charge in [-0.3, -0.25) is 4.79 Å². The molecule has 134 valence electrons. The summed E-state index contributed by atoms with van der Waals surface area (Å²) in [7, 11) is 0. The Kier molecular flexibility index (Phi) is 4.49. The highest BCUT2D eigenvalue weighted by molar-refractivity contribution is 7.10. The van der Waals surface area contributed by atoms with E-state index in [0.717, 1.165) is 4.88 Å². The van der Waals surface area contributed by atoms with Crippen molar-refractivity contribution in [3.63, 3.8) is 0 Å². The molecular formula is C19H23NO4S. The van der Waals surface area contributed by atoms with Crippen LogP contribution in [0.5, 0.6) is 0 Å². The lowest BCUT2D eigenvalue weighted by Gasteiger charge is -2.37. The number of nitrogens with two attached hydrogens (primary N) is 1. The fraction of sp³-hybridized carbons (Fsp3) is 0.474. The summed E-state index contributed by atoms with van der Waals surface area (Å²) in [6.07, 6.45) is 0.750. The van der Waals surface area contributed by atoms with Crippen LogP contribution in [0.15, 0.2) is 40.3 Å². The first-order chi connectivity index (χ1) is 11.7. The quantitative estimate of drug-likeness (QED) is 0.832. The smallest absolute Gasteiger partial charge is 0.340 e. The second-order valence-corrected chi connectivity index (χ2v) is 8.54. The standard InChI is InChI=1S/C19H23NO4S/c1-10(2)23-18(22)16-15(13-6-5-7-25-13)14-11(21)8-19(3,4)9-12(14)24-17(16)20/h5-7,10,15H,8-9,20H2,1-4H3. The van der Waals surface area contributed by atoms with Gasteiger partial charge >= 0.3 is 5.97 Å². The van der Waals surface area contributed by atoms with Gasteiger partial charge in [0, 0.05) is 23.3 Å². The van der Waals surface area contributed by atoms with Crippen molar-refractivity contribution >= 4 is 23.1 Å². The maximum atomic E-state index is 12.9. The topological polar surface area (TPSA) is 78.6 Å². The molecular weight excluding hydrogens is 338 g/mol.